The quantitative estimate of drug-likeness (QED) is 0.454. The molecule has 0 unspecified atom stereocenters. The lowest BCUT2D eigenvalue weighted by Gasteiger charge is -2.47. The molecule has 2 rings (SSSR count). The summed E-state index contributed by atoms with van der Waals surface area (Å²) in [6.45, 7) is 0. The molecule has 1 aromatic carbocycles. The van der Waals surface area contributed by atoms with E-state index < -0.39 is 52.4 Å². The van der Waals surface area contributed by atoms with Crippen molar-refractivity contribution in [2.24, 2.45) is 5.41 Å². The number of hydrogen-bond donors (Lipinski definition) is 0. The van der Waals surface area contributed by atoms with E-state index in [1.54, 1.807) is 0 Å². The summed E-state index contributed by atoms with van der Waals surface area (Å²) in [5.41, 5.74) is -14.8. The molecule has 0 aliphatic heterocycles. The van der Waals surface area contributed by atoms with E-state index in [-0.39, 0.29) is 6.08 Å². The van der Waals surface area contributed by atoms with E-state index in [4.69, 9.17) is 0 Å². The maximum atomic E-state index is 13.4. The number of hydrogen-bond acceptors (Lipinski definition) is 0. The molecule has 0 N–H and O–H groups in total. The Bertz CT molecular complexity index is 738. The summed E-state index contributed by atoms with van der Waals surface area (Å²) in [4.78, 5) is 0. The first-order chi connectivity index (χ1) is 12.0. The van der Waals surface area contributed by atoms with Gasteiger partial charge in [0.05, 0.1) is 0 Å². The van der Waals surface area contributed by atoms with Crippen molar-refractivity contribution in [2.75, 3.05) is 0 Å². The predicted octanol–water partition coefficient (Wildman–Crippen LogP) is 6.62. The molecule has 0 saturated carbocycles. The first kappa shape index (κ1) is 21.2. The van der Waals surface area contributed by atoms with Gasteiger partial charge in [0.2, 0.25) is 5.41 Å². The second-order valence-corrected chi connectivity index (χ2v) is 5.45. The van der Waals surface area contributed by atoms with Crippen LogP contribution >= 0.6 is 0 Å². The van der Waals surface area contributed by atoms with Crippen LogP contribution in [0, 0.1) is 5.41 Å². The van der Waals surface area contributed by atoms with Crippen molar-refractivity contribution in [1.82, 2.24) is 0 Å². The van der Waals surface area contributed by atoms with Gasteiger partial charge in [-0.1, -0.05) is 36.4 Å². The molecular weight excluding hydrogens is 408 g/mol. The maximum Gasteiger partial charge on any atom is 0.421 e. The molecule has 0 bridgehead atoms. The Kier molecular flexibility index (Phi) is 4.65. The first-order valence-corrected chi connectivity index (χ1v) is 6.76. The molecule has 0 fully saturated rings. The molecule has 1 aliphatic rings. The number of benzene rings is 1. The largest absolute Gasteiger partial charge is 0.421 e. The Morgan fingerprint density at radius 2 is 1.04 bits per heavy atom. The molecule has 12 heteroatoms. The van der Waals surface area contributed by atoms with Gasteiger partial charge in [-0.2, -0.15) is 52.7 Å². The Hall–Kier alpha value is -2.14. The fraction of sp³-hybridized carbons (Fsp3) is 0.333. The number of rotatable bonds is 1. The van der Waals surface area contributed by atoms with Gasteiger partial charge in [-0.05, 0) is 16.7 Å². The van der Waals surface area contributed by atoms with Crippen LogP contribution in [0.5, 0.6) is 0 Å². The van der Waals surface area contributed by atoms with Crippen molar-refractivity contribution in [3.05, 3.63) is 53.1 Å². The van der Waals surface area contributed by atoms with E-state index in [1.165, 1.54) is 6.07 Å². The van der Waals surface area contributed by atoms with E-state index in [0.717, 1.165) is 24.3 Å². The molecule has 0 saturated heterocycles. The van der Waals surface area contributed by atoms with Crippen LogP contribution < -0.4 is 0 Å². The third-order valence-electron chi connectivity index (χ3n) is 3.87. The Morgan fingerprint density at radius 1 is 0.630 bits per heavy atom. The van der Waals surface area contributed by atoms with Gasteiger partial charge in [0.1, 0.15) is 5.57 Å². The third kappa shape index (κ3) is 3.18. The average Bonchev–Trinajstić information content (AvgIpc) is 2.37. The molecule has 0 amide bonds. The van der Waals surface area contributed by atoms with Crippen LogP contribution in [0.25, 0.3) is 5.57 Å². The summed E-state index contributed by atoms with van der Waals surface area (Å²) in [5, 5.41) is 0. The lowest BCUT2D eigenvalue weighted by molar-refractivity contribution is -0.306. The van der Waals surface area contributed by atoms with Crippen molar-refractivity contribution >= 4 is 5.57 Å². The summed E-state index contributed by atoms with van der Waals surface area (Å²) in [6, 6.07) is 4.61. The monoisotopic (exact) mass is 414 g/mol. The molecule has 1 aromatic rings. The molecule has 150 valence electrons. The van der Waals surface area contributed by atoms with Crippen molar-refractivity contribution in [2.45, 2.75) is 24.7 Å². The zero-order valence-corrected chi connectivity index (χ0v) is 12.5. The van der Waals surface area contributed by atoms with Gasteiger partial charge in [-0.15, -0.1) is 0 Å². The van der Waals surface area contributed by atoms with E-state index in [2.05, 4.69) is 0 Å². The van der Waals surface area contributed by atoms with E-state index in [0.29, 0.717) is 0 Å². The molecule has 0 atom stereocenters. The highest BCUT2D eigenvalue weighted by Gasteiger charge is 2.79. The third-order valence-corrected chi connectivity index (χ3v) is 3.87. The second-order valence-electron chi connectivity index (χ2n) is 5.45. The van der Waals surface area contributed by atoms with Crippen LogP contribution in [0.1, 0.15) is 5.56 Å². The van der Waals surface area contributed by atoms with Gasteiger partial charge in [0.15, 0.2) is 0 Å². The zero-order chi connectivity index (χ0) is 21.1. The smallest absolute Gasteiger partial charge is 0.169 e. The summed E-state index contributed by atoms with van der Waals surface area (Å²) < 4.78 is 157. The highest BCUT2D eigenvalue weighted by Crippen LogP contribution is 2.69. The van der Waals surface area contributed by atoms with Gasteiger partial charge in [0.25, 0.3) is 0 Å². The molecule has 0 spiro atoms. The van der Waals surface area contributed by atoms with Crippen LogP contribution in [-0.2, 0) is 0 Å². The molecule has 0 nitrogen and oxygen atoms in total. The molecule has 0 radical (unpaired) electrons. The van der Waals surface area contributed by atoms with E-state index >= 15 is 0 Å². The Balaban J connectivity index is 3.01. The Morgan fingerprint density at radius 3 is 1.37 bits per heavy atom. The van der Waals surface area contributed by atoms with Crippen molar-refractivity contribution in [1.29, 1.82) is 0 Å². The standard InChI is InChI=1S/C15H6F12/c16-12(17,18)10(13(19,20)21)9-6-8(7-4-2-1-3-5-7)11(9,14(22,23)24)15(25,26)27/h1-6H. The second kappa shape index (κ2) is 5.93. The van der Waals surface area contributed by atoms with Gasteiger partial charge in [-0.25, -0.2) is 0 Å². The number of halogens is 12. The normalized spacial score (nSPS) is 18.1. The highest BCUT2D eigenvalue weighted by molar-refractivity contribution is 5.87. The van der Waals surface area contributed by atoms with E-state index in [1.807, 2.05) is 0 Å². The summed E-state index contributed by atoms with van der Waals surface area (Å²) >= 11 is 0. The first-order valence-electron chi connectivity index (χ1n) is 6.76. The molecule has 1 aliphatic carbocycles. The predicted molar refractivity (Wildman–Crippen MR) is 68.1 cm³/mol. The van der Waals surface area contributed by atoms with Crippen LogP contribution in [0.2, 0.25) is 0 Å². The topological polar surface area (TPSA) is 0 Å². The lowest BCUT2D eigenvalue weighted by atomic mass is 9.59. The molecule has 0 aromatic heterocycles. The summed E-state index contributed by atoms with van der Waals surface area (Å²) in [7, 11) is 0. The highest BCUT2D eigenvalue weighted by atomic mass is 19.4. The maximum absolute atomic E-state index is 13.4. The minimum Gasteiger partial charge on any atom is -0.169 e. The van der Waals surface area contributed by atoms with Crippen LogP contribution in [-0.4, -0.2) is 24.7 Å². The van der Waals surface area contributed by atoms with Crippen molar-refractivity contribution in [3.63, 3.8) is 0 Å². The molecule has 0 heterocycles. The lowest BCUT2D eigenvalue weighted by Crippen LogP contribution is -2.57. The van der Waals surface area contributed by atoms with E-state index in [9.17, 15) is 52.7 Å². The fourth-order valence-electron chi connectivity index (χ4n) is 2.84. The van der Waals surface area contributed by atoms with Gasteiger partial charge in [-0.3, -0.25) is 0 Å². The summed E-state index contributed by atoms with van der Waals surface area (Å²) in [5.74, 6) is 0. The number of allylic oxidation sites excluding steroid dienone is 4. The van der Waals surface area contributed by atoms with Crippen LogP contribution in [0.4, 0.5) is 52.7 Å². The summed E-state index contributed by atoms with van der Waals surface area (Å²) in [6.07, 6.45) is -26.4. The molecular formula is C15H6F12. The SMILES string of the molecule is FC(F)(F)C(=C1C=C(c2ccccc2)C1(C(F)(F)F)C(F)(F)F)C(F)(F)F. The van der Waals surface area contributed by atoms with Crippen molar-refractivity contribution < 1.29 is 52.7 Å². The zero-order valence-electron chi connectivity index (χ0n) is 12.5. The fourth-order valence-corrected chi connectivity index (χ4v) is 2.84. The number of alkyl halides is 12. The molecule has 27 heavy (non-hydrogen) atoms. The van der Waals surface area contributed by atoms with Gasteiger partial charge in [0, 0.05) is 0 Å². The minimum absolute atomic E-state index is 0.368. The Labute approximate surface area is 142 Å². The van der Waals surface area contributed by atoms with Crippen LogP contribution in [0.15, 0.2) is 47.6 Å². The minimum atomic E-state index is -6.51. The van der Waals surface area contributed by atoms with Gasteiger partial charge >= 0.3 is 24.7 Å². The van der Waals surface area contributed by atoms with Gasteiger partial charge < -0.3 is 0 Å². The van der Waals surface area contributed by atoms with Crippen molar-refractivity contribution in [3.8, 4) is 0 Å². The average molecular weight is 414 g/mol. The van der Waals surface area contributed by atoms with Crippen LogP contribution in [0.3, 0.4) is 0 Å².